The maximum atomic E-state index is 13.3. The van der Waals surface area contributed by atoms with E-state index >= 15 is 0 Å². The van der Waals surface area contributed by atoms with Crippen molar-refractivity contribution in [2.75, 3.05) is 13.2 Å². The lowest BCUT2D eigenvalue weighted by Gasteiger charge is -2.27. The molecular formula is C44H59ClF2NPS. The average molecular weight is 738 g/mol. The Kier molecular flexibility index (Phi) is 17.1. The quantitative estimate of drug-likeness (QED) is 0.200. The van der Waals surface area contributed by atoms with Gasteiger partial charge < -0.3 is 5.32 Å². The molecule has 1 aliphatic heterocycles. The lowest BCUT2D eigenvalue weighted by molar-refractivity contribution is 0.0896. The monoisotopic (exact) mass is 737 g/mol. The van der Waals surface area contributed by atoms with Crippen molar-refractivity contribution in [3.63, 3.8) is 0 Å². The van der Waals surface area contributed by atoms with Crippen LogP contribution in [0.2, 0.25) is 0 Å². The van der Waals surface area contributed by atoms with Gasteiger partial charge >= 0.3 is 0 Å². The highest BCUT2D eigenvalue weighted by Gasteiger charge is 2.27. The number of fused-ring (bicyclic) bond motifs is 2. The van der Waals surface area contributed by atoms with Gasteiger partial charge in [0.25, 0.3) is 5.92 Å². The Morgan fingerprint density at radius 3 is 2.20 bits per heavy atom. The fraction of sp³-hybridized carbons (Fsp3) is 0.500. The van der Waals surface area contributed by atoms with Crippen molar-refractivity contribution in [1.29, 1.82) is 0 Å². The molecule has 0 spiro atoms. The summed E-state index contributed by atoms with van der Waals surface area (Å²) in [6.45, 7) is 21.4. The van der Waals surface area contributed by atoms with E-state index in [1.807, 2.05) is 19.1 Å². The molecule has 2 bridgehead atoms. The van der Waals surface area contributed by atoms with Crippen LogP contribution in [-0.4, -0.2) is 36.1 Å². The van der Waals surface area contributed by atoms with Gasteiger partial charge in [0.1, 0.15) is 0 Å². The Hall–Kier alpha value is -2.15. The predicted molar refractivity (Wildman–Crippen MR) is 223 cm³/mol. The SMILES string of the molecule is C=C(C)C1=C(Cl)C2C#CC(S1)/C(C)=C\C=C/2C.C=C(c1ccc(C2=CCC(PCC)C(CC)=C2)cc1)C(C)(F)F.CCC1CCC(NC)CC1. The van der Waals surface area contributed by atoms with Crippen molar-refractivity contribution in [2.45, 2.75) is 116 Å². The molecule has 6 heteroatoms. The number of thioether (sulfide) groups is 1. The molecule has 1 nitrogen and oxygen atoms in total. The first-order valence-corrected chi connectivity index (χ1v) is 20.8. The van der Waals surface area contributed by atoms with Gasteiger partial charge in [-0.2, -0.15) is 0 Å². The Morgan fingerprint density at radius 2 is 1.66 bits per heavy atom. The third-order valence-electron chi connectivity index (χ3n) is 10.1. The summed E-state index contributed by atoms with van der Waals surface area (Å²) in [5, 5.41) is 4.38. The van der Waals surface area contributed by atoms with Crippen LogP contribution in [0.4, 0.5) is 8.78 Å². The predicted octanol–water partition coefficient (Wildman–Crippen LogP) is 13.4. The van der Waals surface area contributed by atoms with Crippen LogP contribution in [-0.2, 0) is 0 Å². The third kappa shape index (κ3) is 12.0. The molecule has 272 valence electrons. The highest BCUT2D eigenvalue weighted by Crippen LogP contribution is 2.42. The van der Waals surface area contributed by atoms with Gasteiger partial charge in [0.05, 0.1) is 16.2 Å². The second kappa shape index (κ2) is 20.2. The number of alkyl halides is 2. The summed E-state index contributed by atoms with van der Waals surface area (Å²) in [5.41, 5.74) is 8.35. The second-order valence-corrected chi connectivity index (χ2v) is 17.3. The summed E-state index contributed by atoms with van der Waals surface area (Å²) in [6, 6.07) is 8.15. The highest BCUT2D eigenvalue weighted by atomic mass is 35.5. The van der Waals surface area contributed by atoms with Gasteiger partial charge in [0.2, 0.25) is 0 Å². The van der Waals surface area contributed by atoms with Crippen LogP contribution >= 0.6 is 31.9 Å². The number of allylic oxidation sites excluding steroid dienone is 10. The summed E-state index contributed by atoms with van der Waals surface area (Å²) < 4.78 is 26.7. The maximum absolute atomic E-state index is 13.3. The van der Waals surface area contributed by atoms with Crippen molar-refractivity contribution in [1.82, 2.24) is 5.32 Å². The molecule has 4 unspecified atom stereocenters. The van der Waals surface area contributed by atoms with E-state index in [4.69, 9.17) is 11.6 Å². The molecule has 1 aromatic carbocycles. The van der Waals surface area contributed by atoms with Crippen molar-refractivity contribution in [3.05, 3.63) is 105 Å². The Morgan fingerprint density at radius 1 is 1.02 bits per heavy atom. The van der Waals surface area contributed by atoms with E-state index in [-0.39, 0.29) is 16.7 Å². The number of halogens is 3. The largest absolute Gasteiger partial charge is 0.317 e. The molecule has 0 radical (unpaired) electrons. The molecule has 4 aliphatic rings. The molecular weight excluding hydrogens is 679 g/mol. The molecule has 3 aliphatic carbocycles. The van der Waals surface area contributed by atoms with E-state index in [1.165, 1.54) is 60.6 Å². The van der Waals surface area contributed by atoms with Gasteiger partial charge in [0.15, 0.2) is 0 Å². The minimum Gasteiger partial charge on any atom is -0.317 e. The lowest BCUT2D eigenvalue weighted by atomic mass is 9.85. The number of rotatable bonds is 9. The minimum absolute atomic E-state index is 0.0326. The molecule has 4 atom stereocenters. The molecule has 50 heavy (non-hydrogen) atoms. The molecule has 0 saturated heterocycles. The first kappa shape index (κ1) is 42.3. The van der Waals surface area contributed by atoms with E-state index < -0.39 is 5.92 Å². The van der Waals surface area contributed by atoms with Gasteiger partial charge in [-0.15, -0.1) is 20.3 Å². The number of hydrogen-bond acceptors (Lipinski definition) is 2. The Bertz CT molecular complexity index is 1540. The Labute approximate surface area is 314 Å². The van der Waals surface area contributed by atoms with Gasteiger partial charge in [-0.1, -0.05) is 124 Å². The maximum Gasteiger partial charge on any atom is 0.270 e. The summed E-state index contributed by atoms with van der Waals surface area (Å²) in [5.74, 6) is 4.79. The van der Waals surface area contributed by atoms with Gasteiger partial charge in [0, 0.05) is 29.1 Å². The molecule has 1 saturated carbocycles. The fourth-order valence-electron chi connectivity index (χ4n) is 6.57. The average Bonchev–Trinajstić information content (AvgIpc) is 3.27. The van der Waals surface area contributed by atoms with E-state index in [1.54, 1.807) is 23.9 Å². The van der Waals surface area contributed by atoms with Crippen LogP contribution in [0.1, 0.15) is 105 Å². The summed E-state index contributed by atoms with van der Waals surface area (Å²) in [6.07, 6.45) is 19.3. The molecule has 1 N–H and O–H groups in total. The van der Waals surface area contributed by atoms with Gasteiger partial charge in [-0.3, -0.25) is 0 Å². The summed E-state index contributed by atoms with van der Waals surface area (Å²) >= 11 is 8.21. The third-order valence-corrected chi connectivity index (χ3v) is 13.6. The van der Waals surface area contributed by atoms with Crippen LogP contribution in [0.15, 0.2) is 94.0 Å². The van der Waals surface area contributed by atoms with Crippen molar-refractivity contribution in [3.8, 4) is 11.8 Å². The molecule has 1 aromatic rings. The Balaban J connectivity index is 0.000000219. The van der Waals surface area contributed by atoms with E-state index in [2.05, 4.69) is 96.3 Å². The molecule has 0 aromatic heterocycles. The smallest absolute Gasteiger partial charge is 0.270 e. The zero-order valence-electron chi connectivity index (χ0n) is 31.6. The first-order chi connectivity index (χ1) is 23.7. The van der Waals surface area contributed by atoms with E-state index in [9.17, 15) is 8.78 Å². The highest BCUT2D eigenvalue weighted by molar-refractivity contribution is 8.04. The molecule has 5 rings (SSSR count). The van der Waals surface area contributed by atoms with Crippen LogP contribution in [0.25, 0.3) is 11.1 Å². The zero-order valence-corrected chi connectivity index (χ0v) is 34.2. The first-order valence-electron chi connectivity index (χ1n) is 18.3. The fourth-order valence-corrected chi connectivity index (χ4v) is 9.48. The van der Waals surface area contributed by atoms with Crippen molar-refractivity contribution >= 4 is 43.1 Å². The van der Waals surface area contributed by atoms with E-state index in [0.29, 0.717) is 11.2 Å². The molecule has 1 heterocycles. The van der Waals surface area contributed by atoms with Gasteiger partial charge in [-0.05, 0) is 106 Å². The van der Waals surface area contributed by atoms with Gasteiger partial charge in [-0.25, -0.2) is 8.78 Å². The second-order valence-electron chi connectivity index (χ2n) is 13.9. The van der Waals surface area contributed by atoms with Crippen molar-refractivity contribution in [2.24, 2.45) is 11.8 Å². The van der Waals surface area contributed by atoms with Crippen LogP contribution in [0.3, 0.4) is 0 Å². The van der Waals surface area contributed by atoms with Crippen LogP contribution in [0, 0.1) is 23.7 Å². The standard InChI is InChI=1S/C20H25F2P.C15H15ClS.C9H19N/c1-5-15-13-18(11-12-19(15)23-6-2)17-9-7-16(8-10-17)14(3)20(4,21)22;1-9(2)15-14(16)12-7-8-13(17-15)11(4)6-5-10(12)3;1-3-8-4-6-9(10-2)7-5-8/h7-11,13,19,23H,3,5-6,12H2,1-2,4H3;5-6,12-13H,1H2,2-4H3;8-10H,3-7H2,1-2H3/b;10-5-,11-6-;. The van der Waals surface area contributed by atoms with Crippen LogP contribution < -0.4 is 5.32 Å². The molecule has 1 fully saturated rings. The number of benzene rings is 1. The summed E-state index contributed by atoms with van der Waals surface area (Å²) in [7, 11) is 3.06. The van der Waals surface area contributed by atoms with Crippen molar-refractivity contribution < 1.29 is 8.78 Å². The zero-order chi connectivity index (χ0) is 37.0. The normalized spacial score (nSPS) is 26.9. The summed E-state index contributed by atoms with van der Waals surface area (Å²) in [4.78, 5) is 1.08. The lowest BCUT2D eigenvalue weighted by Crippen LogP contribution is -2.29. The topological polar surface area (TPSA) is 12.0 Å². The number of hydrogen-bond donors (Lipinski definition) is 1. The molecule has 0 amide bonds. The van der Waals surface area contributed by atoms with Crippen LogP contribution in [0.5, 0.6) is 0 Å². The minimum atomic E-state index is -2.88. The van der Waals surface area contributed by atoms with E-state index in [0.717, 1.165) is 61.4 Å². The number of nitrogens with one attached hydrogen (secondary N) is 1.